The highest BCUT2D eigenvalue weighted by atomic mass is 19.1. The number of nitrogens with zero attached hydrogens (tertiary/aromatic N) is 1. The van der Waals surface area contributed by atoms with E-state index in [4.69, 9.17) is 5.11 Å². The van der Waals surface area contributed by atoms with Gasteiger partial charge < -0.3 is 5.11 Å². The summed E-state index contributed by atoms with van der Waals surface area (Å²) in [5.74, 6) is -1.39. The maximum absolute atomic E-state index is 12.7. The topological polar surface area (TPSA) is 50.2 Å². The van der Waals surface area contributed by atoms with Crippen molar-refractivity contribution in [3.63, 3.8) is 0 Å². The van der Waals surface area contributed by atoms with Crippen molar-refractivity contribution in [3.8, 4) is 0 Å². The average Bonchev–Trinajstić information content (AvgIpc) is 2.10. The van der Waals surface area contributed by atoms with Crippen molar-refractivity contribution < 1.29 is 14.3 Å². The van der Waals surface area contributed by atoms with Crippen molar-refractivity contribution in [1.29, 1.82) is 0 Å². The number of carboxylic acid groups (broad SMARTS) is 1. The summed E-state index contributed by atoms with van der Waals surface area (Å²) >= 11 is 0. The number of aryl methyl sites for hydroxylation is 1. The van der Waals surface area contributed by atoms with Crippen LogP contribution >= 0.6 is 0 Å². The fourth-order valence-electron chi connectivity index (χ4n) is 0.967. The second-order valence-corrected chi connectivity index (χ2v) is 2.88. The number of rotatable bonds is 3. The number of carboxylic acids is 1. The Morgan fingerprint density at radius 1 is 1.71 bits per heavy atom. The van der Waals surface area contributed by atoms with E-state index in [2.05, 4.69) is 4.98 Å². The molecule has 0 atom stereocenters. The summed E-state index contributed by atoms with van der Waals surface area (Å²) in [6.07, 6.45) is 4.42. The first-order valence-corrected chi connectivity index (χ1v) is 4.10. The Morgan fingerprint density at radius 3 is 3.00 bits per heavy atom. The number of halogens is 1. The summed E-state index contributed by atoms with van der Waals surface area (Å²) in [5.41, 5.74) is 1.15. The normalized spacial score (nSPS) is 10.7. The van der Waals surface area contributed by atoms with Crippen LogP contribution in [-0.4, -0.2) is 16.1 Å². The van der Waals surface area contributed by atoms with E-state index in [1.165, 1.54) is 12.3 Å². The molecule has 4 heteroatoms. The highest BCUT2D eigenvalue weighted by Gasteiger charge is 1.97. The van der Waals surface area contributed by atoms with Gasteiger partial charge in [-0.3, -0.25) is 4.79 Å². The van der Waals surface area contributed by atoms with Crippen molar-refractivity contribution >= 4 is 12.0 Å². The standard InChI is InChI=1S/C10H10FNO2/c1-7-5-8(6-12-10(7)11)3-2-4-9(13)14/h2-3,5-6H,4H2,1H3,(H,13,14). The monoisotopic (exact) mass is 195 g/mol. The Labute approximate surface area is 80.9 Å². The lowest BCUT2D eigenvalue weighted by atomic mass is 10.2. The van der Waals surface area contributed by atoms with Crippen LogP contribution in [0.25, 0.3) is 6.08 Å². The van der Waals surface area contributed by atoms with E-state index in [9.17, 15) is 9.18 Å². The van der Waals surface area contributed by atoms with Crippen LogP contribution < -0.4 is 0 Å². The number of pyridine rings is 1. The third-order valence-corrected chi connectivity index (χ3v) is 1.64. The van der Waals surface area contributed by atoms with Crippen LogP contribution in [0.1, 0.15) is 17.5 Å². The van der Waals surface area contributed by atoms with Gasteiger partial charge in [-0.25, -0.2) is 4.98 Å². The Balaban J connectivity index is 2.73. The minimum Gasteiger partial charge on any atom is -0.481 e. The molecule has 1 heterocycles. The van der Waals surface area contributed by atoms with Crippen molar-refractivity contribution in [3.05, 3.63) is 35.4 Å². The molecule has 0 unspecified atom stereocenters. The Morgan fingerprint density at radius 2 is 2.43 bits per heavy atom. The zero-order valence-electron chi connectivity index (χ0n) is 7.70. The molecule has 1 rings (SSSR count). The second kappa shape index (κ2) is 4.50. The molecule has 1 aromatic heterocycles. The van der Waals surface area contributed by atoms with Crippen molar-refractivity contribution in [2.24, 2.45) is 0 Å². The zero-order valence-corrected chi connectivity index (χ0v) is 7.70. The molecule has 0 radical (unpaired) electrons. The van der Waals surface area contributed by atoms with Crippen molar-refractivity contribution in [2.45, 2.75) is 13.3 Å². The molecule has 1 N–H and O–H groups in total. The number of carbonyl (C=O) groups is 1. The molecule has 3 nitrogen and oxygen atoms in total. The van der Waals surface area contributed by atoms with E-state index in [1.54, 1.807) is 19.1 Å². The van der Waals surface area contributed by atoms with Crippen LogP contribution in [0.4, 0.5) is 4.39 Å². The lowest BCUT2D eigenvalue weighted by molar-refractivity contribution is -0.135. The van der Waals surface area contributed by atoms with Crippen LogP contribution in [-0.2, 0) is 4.79 Å². The van der Waals surface area contributed by atoms with Crippen molar-refractivity contribution in [1.82, 2.24) is 4.98 Å². The maximum atomic E-state index is 12.7. The predicted octanol–water partition coefficient (Wildman–Crippen LogP) is 2.02. The number of aromatic nitrogens is 1. The third-order valence-electron chi connectivity index (χ3n) is 1.64. The molecule has 0 spiro atoms. The highest BCUT2D eigenvalue weighted by molar-refractivity contribution is 5.70. The average molecular weight is 195 g/mol. The lowest BCUT2D eigenvalue weighted by Gasteiger charge is -1.96. The number of hydrogen-bond acceptors (Lipinski definition) is 2. The van der Waals surface area contributed by atoms with Crippen LogP contribution in [0.3, 0.4) is 0 Å². The fraction of sp³-hybridized carbons (Fsp3) is 0.200. The summed E-state index contributed by atoms with van der Waals surface area (Å²) in [4.78, 5) is 13.7. The first kappa shape index (κ1) is 10.4. The maximum Gasteiger partial charge on any atom is 0.307 e. The van der Waals surface area contributed by atoms with E-state index in [0.717, 1.165) is 0 Å². The lowest BCUT2D eigenvalue weighted by Crippen LogP contribution is -1.91. The Hall–Kier alpha value is -1.71. The Kier molecular flexibility index (Phi) is 3.34. The molecule has 74 valence electrons. The first-order valence-electron chi connectivity index (χ1n) is 4.10. The summed E-state index contributed by atoms with van der Waals surface area (Å²) < 4.78 is 12.7. The van der Waals surface area contributed by atoms with Gasteiger partial charge in [0.05, 0.1) is 6.42 Å². The molecule has 0 aromatic carbocycles. The molecule has 0 saturated heterocycles. The van der Waals surface area contributed by atoms with Crippen LogP contribution in [0.5, 0.6) is 0 Å². The predicted molar refractivity (Wildman–Crippen MR) is 50.2 cm³/mol. The molecule has 0 aliphatic heterocycles. The van der Waals surface area contributed by atoms with Gasteiger partial charge >= 0.3 is 5.97 Å². The minimum absolute atomic E-state index is 0.0452. The minimum atomic E-state index is -0.895. The van der Waals surface area contributed by atoms with Crippen LogP contribution in [0, 0.1) is 12.9 Å². The van der Waals surface area contributed by atoms with Gasteiger partial charge in [0.15, 0.2) is 0 Å². The van der Waals surface area contributed by atoms with E-state index in [1.807, 2.05) is 0 Å². The van der Waals surface area contributed by atoms with Crippen molar-refractivity contribution in [2.75, 3.05) is 0 Å². The smallest absolute Gasteiger partial charge is 0.307 e. The van der Waals surface area contributed by atoms with Gasteiger partial charge in [-0.2, -0.15) is 4.39 Å². The fourth-order valence-corrected chi connectivity index (χ4v) is 0.967. The molecule has 14 heavy (non-hydrogen) atoms. The van der Waals surface area contributed by atoms with Crippen LogP contribution in [0.2, 0.25) is 0 Å². The summed E-state index contributed by atoms with van der Waals surface area (Å²) in [6.45, 7) is 1.61. The number of hydrogen-bond donors (Lipinski definition) is 1. The van der Waals surface area contributed by atoms with Gasteiger partial charge in [0.1, 0.15) is 0 Å². The highest BCUT2D eigenvalue weighted by Crippen LogP contribution is 2.07. The SMILES string of the molecule is Cc1cc(C=CCC(=O)O)cnc1F. The van der Waals surface area contributed by atoms with Gasteiger partial charge in [-0.15, -0.1) is 0 Å². The summed E-state index contributed by atoms with van der Waals surface area (Å²) in [5, 5.41) is 8.36. The summed E-state index contributed by atoms with van der Waals surface area (Å²) in [7, 11) is 0. The second-order valence-electron chi connectivity index (χ2n) is 2.88. The quantitative estimate of drug-likeness (QED) is 0.750. The molecule has 0 amide bonds. The molecule has 1 aromatic rings. The van der Waals surface area contributed by atoms with Crippen LogP contribution in [0.15, 0.2) is 18.3 Å². The first-order chi connectivity index (χ1) is 6.59. The number of aliphatic carboxylic acids is 1. The Bertz CT molecular complexity index is 374. The van der Waals surface area contributed by atoms with E-state index in [0.29, 0.717) is 11.1 Å². The molecular weight excluding hydrogens is 185 g/mol. The van der Waals surface area contributed by atoms with Gasteiger partial charge in [0, 0.05) is 11.8 Å². The largest absolute Gasteiger partial charge is 0.481 e. The van der Waals surface area contributed by atoms with E-state index < -0.39 is 11.9 Å². The van der Waals surface area contributed by atoms with Gasteiger partial charge in [0.25, 0.3) is 0 Å². The van der Waals surface area contributed by atoms with E-state index >= 15 is 0 Å². The zero-order chi connectivity index (χ0) is 10.6. The molecule has 0 saturated carbocycles. The van der Waals surface area contributed by atoms with Gasteiger partial charge in [-0.1, -0.05) is 12.2 Å². The van der Waals surface area contributed by atoms with Gasteiger partial charge in [0.2, 0.25) is 5.95 Å². The molecular formula is C10H10FNO2. The molecule has 0 fully saturated rings. The van der Waals surface area contributed by atoms with Gasteiger partial charge in [-0.05, 0) is 18.6 Å². The molecule has 0 bridgehead atoms. The summed E-state index contributed by atoms with van der Waals surface area (Å²) in [6, 6.07) is 1.61. The third kappa shape index (κ3) is 2.97. The van der Waals surface area contributed by atoms with E-state index in [-0.39, 0.29) is 6.42 Å². The molecule has 0 aliphatic rings. The molecule has 0 aliphatic carbocycles.